The molecule has 2 aromatic rings. The summed E-state index contributed by atoms with van der Waals surface area (Å²) in [4.78, 5) is 13.4. The van der Waals surface area contributed by atoms with Crippen LogP contribution in [0.3, 0.4) is 0 Å². The highest BCUT2D eigenvalue weighted by Crippen LogP contribution is 2.26. The molecule has 2 rings (SSSR count). The van der Waals surface area contributed by atoms with E-state index in [1.165, 1.54) is 18.3 Å². The smallest absolute Gasteiger partial charge is 0.248 e. The summed E-state index contributed by atoms with van der Waals surface area (Å²) in [6, 6.07) is 4.90. The first-order chi connectivity index (χ1) is 8.13. The number of rotatable bonds is 2. The third kappa shape index (κ3) is 2.09. The SMILES string of the molecule is O=c1cc(CO)c(-c2cccc(F)c2F)c[nH]1. The number of aliphatic hydroxyl groups excluding tert-OH is 1. The zero-order valence-corrected chi connectivity index (χ0v) is 8.71. The van der Waals surface area contributed by atoms with E-state index < -0.39 is 23.8 Å². The van der Waals surface area contributed by atoms with E-state index in [1.54, 1.807) is 0 Å². The molecule has 0 saturated carbocycles. The molecular weight excluding hydrogens is 228 g/mol. The Hall–Kier alpha value is -2.01. The lowest BCUT2D eigenvalue weighted by atomic mass is 10.0. The summed E-state index contributed by atoms with van der Waals surface area (Å²) in [6.07, 6.45) is 1.26. The predicted octanol–water partition coefficient (Wildman–Crippen LogP) is 1.81. The summed E-state index contributed by atoms with van der Waals surface area (Å²) in [6.45, 7) is -0.421. The number of hydrogen-bond donors (Lipinski definition) is 2. The van der Waals surface area contributed by atoms with E-state index in [1.807, 2.05) is 0 Å². The zero-order valence-electron chi connectivity index (χ0n) is 8.71. The fraction of sp³-hybridized carbons (Fsp3) is 0.0833. The fourth-order valence-corrected chi connectivity index (χ4v) is 1.61. The number of benzene rings is 1. The van der Waals surface area contributed by atoms with Gasteiger partial charge in [-0.25, -0.2) is 8.78 Å². The van der Waals surface area contributed by atoms with Crippen molar-refractivity contribution in [3.05, 3.63) is 58.0 Å². The second kappa shape index (κ2) is 4.47. The predicted molar refractivity (Wildman–Crippen MR) is 58.3 cm³/mol. The highest BCUT2D eigenvalue weighted by molar-refractivity contribution is 5.66. The van der Waals surface area contributed by atoms with Crippen molar-refractivity contribution in [2.75, 3.05) is 0 Å². The zero-order chi connectivity index (χ0) is 12.4. The van der Waals surface area contributed by atoms with Crippen molar-refractivity contribution in [3.8, 4) is 11.1 Å². The molecule has 1 aromatic carbocycles. The topological polar surface area (TPSA) is 53.1 Å². The van der Waals surface area contributed by atoms with Crippen molar-refractivity contribution in [2.24, 2.45) is 0 Å². The van der Waals surface area contributed by atoms with Crippen LogP contribution in [0.1, 0.15) is 5.56 Å². The van der Waals surface area contributed by atoms with Gasteiger partial charge >= 0.3 is 0 Å². The molecule has 17 heavy (non-hydrogen) atoms. The van der Waals surface area contributed by atoms with Crippen LogP contribution in [-0.4, -0.2) is 10.1 Å². The van der Waals surface area contributed by atoms with Crippen LogP contribution in [0, 0.1) is 11.6 Å². The van der Waals surface area contributed by atoms with Gasteiger partial charge in [0.25, 0.3) is 0 Å². The Bertz CT molecular complexity index is 608. The molecule has 0 aliphatic carbocycles. The normalized spacial score (nSPS) is 10.5. The van der Waals surface area contributed by atoms with Gasteiger partial charge in [0.2, 0.25) is 5.56 Å². The first kappa shape index (κ1) is 11.5. The van der Waals surface area contributed by atoms with E-state index >= 15 is 0 Å². The van der Waals surface area contributed by atoms with E-state index in [0.29, 0.717) is 0 Å². The van der Waals surface area contributed by atoms with Gasteiger partial charge < -0.3 is 10.1 Å². The van der Waals surface area contributed by atoms with Gasteiger partial charge in [0, 0.05) is 23.4 Å². The van der Waals surface area contributed by atoms with Crippen LogP contribution in [0.2, 0.25) is 0 Å². The summed E-state index contributed by atoms with van der Waals surface area (Å²) in [5.74, 6) is -1.98. The second-order valence-electron chi connectivity index (χ2n) is 3.50. The number of nitrogens with one attached hydrogen (secondary N) is 1. The summed E-state index contributed by atoms with van der Waals surface area (Å²) in [7, 11) is 0. The van der Waals surface area contributed by atoms with Crippen LogP contribution in [0.5, 0.6) is 0 Å². The monoisotopic (exact) mass is 237 g/mol. The lowest BCUT2D eigenvalue weighted by Crippen LogP contribution is -2.07. The van der Waals surface area contributed by atoms with Gasteiger partial charge in [-0.05, 0) is 11.6 Å². The largest absolute Gasteiger partial charge is 0.392 e. The molecule has 0 aliphatic heterocycles. The molecule has 1 heterocycles. The summed E-state index contributed by atoms with van der Waals surface area (Å²) < 4.78 is 26.6. The van der Waals surface area contributed by atoms with Gasteiger partial charge in [-0.2, -0.15) is 0 Å². The van der Waals surface area contributed by atoms with E-state index in [9.17, 15) is 13.6 Å². The number of halogens is 2. The molecule has 0 unspecified atom stereocenters. The van der Waals surface area contributed by atoms with Crippen molar-refractivity contribution in [2.45, 2.75) is 6.61 Å². The van der Waals surface area contributed by atoms with Gasteiger partial charge in [0.15, 0.2) is 11.6 Å². The van der Waals surface area contributed by atoms with Gasteiger partial charge in [-0.15, -0.1) is 0 Å². The molecule has 0 spiro atoms. The Balaban J connectivity index is 2.68. The highest BCUT2D eigenvalue weighted by Gasteiger charge is 2.13. The van der Waals surface area contributed by atoms with Crippen LogP contribution in [0.25, 0.3) is 11.1 Å². The Morgan fingerprint density at radius 2 is 2.00 bits per heavy atom. The molecule has 3 nitrogen and oxygen atoms in total. The van der Waals surface area contributed by atoms with Gasteiger partial charge in [0.05, 0.1) is 6.61 Å². The summed E-state index contributed by atoms with van der Waals surface area (Å²) in [5.41, 5.74) is 0.113. The van der Waals surface area contributed by atoms with E-state index in [2.05, 4.69) is 4.98 Å². The maximum Gasteiger partial charge on any atom is 0.248 e. The van der Waals surface area contributed by atoms with Gasteiger partial charge in [-0.1, -0.05) is 12.1 Å². The minimum Gasteiger partial charge on any atom is -0.392 e. The first-order valence-electron chi connectivity index (χ1n) is 4.90. The van der Waals surface area contributed by atoms with Gasteiger partial charge in [0.1, 0.15) is 0 Å². The quantitative estimate of drug-likeness (QED) is 0.837. The number of pyridine rings is 1. The molecule has 0 saturated heterocycles. The van der Waals surface area contributed by atoms with E-state index in [0.717, 1.165) is 12.1 Å². The Morgan fingerprint density at radius 3 is 2.71 bits per heavy atom. The number of H-pyrrole nitrogens is 1. The molecule has 0 atom stereocenters. The number of aromatic nitrogens is 1. The molecular formula is C12H9F2NO2. The first-order valence-corrected chi connectivity index (χ1v) is 4.90. The molecule has 1 aromatic heterocycles. The third-order valence-corrected chi connectivity index (χ3v) is 2.42. The van der Waals surface area contributed by atoms with Crippen LogP contribution in [0.4, 0.5) is 8.78 Å². The number of aromatic amines is 1. The molecule has 88 valence electrons. The standard InChI is InChI=1S/C12H9F2NO2/c13-10-3-1-2-8(12(10)14)9-5-15-11(17)4-7(9)6-16/h1-5,16H,6H2,(H,15,17). The Kier molecular flexibility index (Phi) is 3.01. The van der Waals surface area contributed by atoms with E-state index in [4.69, 9.17) is 5.11 Å². The number of hydrogen-bond acceptors (Lipinski definition) is 2. The van der Waals surface area contributed by atoms with Crippen LogP contribution in [-0.2, 0) is 6.61 Å². The van der Waals surface area contributed by atoms with Crippen LogP contribution in [0.15, 0.2) is 35.3 Å². The lowest BCUT2D eigenvalue weighted by Gasteiger charge is -2.08. The molecule has 0 bridgehead atoms. The van der Waals surface area contributed by atoms with Crippen molar-refractivity contribution in [1.82, 2.24) is 4.98 Å². The van der Waals surface area contributed by atoms with Crippen LogP contribution >= 0.6 is 0 Å². The molecule has 0 radical (unpaired) electrons. The second-order valence-corrected chi connectivity index (χ2v) is 3.50. The molecule has 2 N–H and O–H groups in total. The van der Waals surface area contributed by atoms with Crippen molar-refractivity contribution >= 4 is 0 Å². The summed E-state index contributed by atoms with van der Waals surface area (Å²) in [5, 5.41) is 9.10. The minimum atomic E-state index is -1.01. The number of aliphatic hydroxyl groups is 1. The fourth-order valence-electron chi connectivity index (χ4n) is 1.61. The van der Waals surface area contributed by atoms with Crippen molar-refractivity contribution in [1.29, 1.82) is 0 Å². The Morgan fingerprint density at radius 1 is 1.24 bits per heavy atom. The van der Waals surface area contributed by atoms with Gasteiger partial charge in [-0.3, -0.25) is 4.79 Å². The maximum absolute atomic E-state index is 13.6. The van der Waals surface area contributed by atoms with E-state index in [-0.39, 0.29) is 16.7 Å². The minimum absolute atomic E-state index is 0.00491. The Labute approximate surface area is 95.4 Å². The highest BCUT2D eigenvalue weighted by atomic mass is 19.2. The average molecular weight is 237 g/mol. The molecule has 5 heteroatoms. The van der Waals surface area contributed by atoms with Crippen LogP contribution < -0.4 is 5.56 Å². The average Bonchev–Trinajstić information content (AvgIpc) is 2.33. The maximum atomic E-state index is 13.6. The van der Waals surface area contributed by atoms with Crippen molar-refractivity contribution in [3.63, 3.8) is 0 Å². The lowest BCUT2D eigenvalue weighted by molar-refractivity contribution is 0.282. The molecule has 0 aliphatic rings. The van der Waals surface area contributed by atoms with Crippen molar-refractivity contribution < 1.29 is 13.9 Å². The third-order valence-electron chi connectivity index (χ3n) is 2.42. The molecule has 0 amide bonds. The summed E-state index contributed by atoms with van der Waals surface area (Å²) >= 11 is 0. The molecule has 0 fully saturated rings.